The Balaban J connectivity index is 1.85. The van der Waals surface area contributed by atoms with E-state index in [4.69, 9.17) is 8.84 Å². The van der Waals surface area contributed by atoms with Crippen LogP contribution in [0.15, 0.2) is 77.6 Å². The number of benzene rings is 2. The van der Waals surface area contributed by atoms with Crippen molar-refractivity contribution in [3.63, 3.8) is 0 Å². The minimum Gasteiger partial charge on any atom is -0.472 e. The van der Waals surface area contributed by atoms with Crippen LogP contribution in [0.5, 0.6) is 0 Å². The zero-order chi connectivity index (χ0) is 22.1. The van der Waals surface area contributed by atoms with Gasteiger partial charge in [-0.3, -0.25) is 0 Å². The summed E-state index contributed by atoms with van der Waals surface area (Å²) in [6.45, 7) is 9.36. The van der Waals surface area contributed by atoms with Gasteiger partial charge < -0.3 is 13.9 Å². The molecule has 0 bridgehead atoms. The number of fused-ring (bicyclic) bond motifs is 1. The van der Waals surface area contributed by atoms with E-state index in [0.717, 1.165) is 24.8 Å². The molecule has 0 saturated heterocycles. The van der Waals surface area contributed by atoms with Crippen molar-refractivity contribution < 1.29 is 13.9 Å². The number of furan rings is 1. The summed E-state index contributed by atoms with van der Waals surface area (Å²) in [6.07, 6.45) is 6.35. The Morgan fingerprint density at radius 1 is 1.00 bits per heavy atom. The van der Waals surface area contributed by atoms with E-state index in [-0.39, 0.29) is 23.2 Å². The first-order valence-corrected chi connectivity index (χ1v) is 13.2. The Bertz CT molecular complexity index is 951. The first-order chi connectivity index (χ1) is 14.8. The van der Waals surface area contributed by atoms with Crippen molar-refractivity contribution in [2.75, 3.05) is 6.61 Å². The average Bonchev–Trinajstić information content (AvgIpc) is 3.26. The van der Waals surface area contributed by atoms with E-state index in [0.29, 0.717) is 0 Å². The van der Waals surface area contributed by atoms with Crippen LogP contribution >= 0.6 is 0 Å². The average molecular weight is 435 g/mol. The van der Waals surface area contributed by atoms with E-state index >= 15 is 0 Å². The predicted octanol–water partition coefficient (Wildman–Crippen LogP) is 5.33. The second-order valence-electron chi connectivity index (χ2n) is 10.1. The number of rotatable bonds is 6. The molecule has 0 radical (unpaired) electrons. The molecule has 0 aliphatic heterocycles. The maximum atomic E-state index is 9.65. The van der Waals surface area contributed by atoms with Crippen LogP contribution in [0.2, 0.25) is 5.04 Å². The fourth-order valence-electron chi connectivity index (χ4n) is 5.32. The van der Waals surface area contributed by atoms with Gasteiger partial charge >= 0.3 is 0 Å². The maximum Gasteiger partial charge on any atom is 0.261 e. The number of aliphatic hydroxyl groups excluding tert-OH is 1. The molecule has 3 nitrogen and oxygen atoms in total. The Kier molecular flexibility index (Phi) is 5.99. The monoisotopic (exact) mass is 434 g/mol. The summed E-state index contributed by atoms with van der Waals surface area (Å²) >= 11 is 0. The van der Waals surface area contributed by atoms with E-state index in [1.54, 1.807) is 0 Å². The molecule has 3 aromatic rings. The lowest BCUT2D eigenvalue weighted by molar-refractivity contribution is 0.138. The molecule has 164 valence electrons. The number of hydrogen-bond acceptors (Lipinski definition) is 3. The van der Waals surface area contributed by atoms with Crippen LogP contribution in [0.1, 0.15) is 64.2 Å². The molecular formula is C27H34O3Si. The largest absolute Gasteiger partial charge is 0.472 e. The molecule has 0 spiro atoms. The van der Waals surface area contributed by atoms with Crippen molar-refractivity contribution in [3.05, 3.63) is 84.3 Å². The quantitative estimate of drug-likeness (QED) is 0.533. The standard InChI is InChI=1S/C27H34O3Si/c1-26(2,3)31(21-11-7-5-8-12-21,22-13-9-6-10-14-22)30-25-15-16-27(4,17-18-28)24-20-29-19-23(24)25/h5-14,19-20,25,28H,15-18H2,1-4H3/t25-,27-/m0/s1. The van der Waals surface area contributed by atoms with E-state index in [1.807, 2.05) is 12.5 Å². The molecule has 1 aromatic heterocycles. The number of aliphatic hydroxyl groups is 1. The summed E-state index contributed by atoms with van der Waals surface area (Å²) in [5, 5.41) is 12.2. The molecule has 4 rings (SSSR count). The minimum absolute atomic E-state index is 0.0215. The first-order valence-electron chi connectivity index (χ1n) is 11.3. The highest BCUT2D eigenvalue weighted by Gasteiger charge is 2.52. The molecule has 1 N–H and O–H groups in total. The van der Waals surface area contributed by atoms with Crippen molar-refractivity contribution >= 4 is 18.7 Å². The summed E-state index contributed by atoms with van der Waals surface area (Å²) in [5.41, 5.74) is 2.27. The Morgan fingerprint density at radius 2 is 1.58 bits per heavy atom. The lowest BCUT2D eigenvalue weighted by Gasteiger charge is -2.47. The summed E-state index contributed by atoms with van der Waals surface area (Å²) in [5.74, 6) is 0. The fraction of sp³-hybridized carbons (Fsp3) is 0.407. The Labute approximate surface area is 187 Å². The molecule has 1 heterocycles. The van der Waals surface area contributed by atoms with Crippen molar-refractivity contribution in [2.45, 2.75) is 63.5 Å². The molecule has 0 amide bonds. The Hall–Kier alpha value is -2.14. The highest BCUT2D eigenvalue weighted by molar-refractivity contribution is 6.99. The summed E-state index contributed by atoms with van der Waals surface area (Å²) in [7, 11) is -2.63. The first kappa shape index (κ1) is 22.1. The SMILES string of the molecule is CC(C)(C)[Si](O[C@H]1CC[C@@](C)(CCO)c2cocc21)(c1ccccc1)c1ccccc1. The van der Waals surface area contributed by atoms with Gasteiger partial charge in [0, 0.05) is 17.7 Å². The van der Waals surface area contributed by atoms with Gasteiger partial charge in [-0.2, -0.15) is 0 Å². The van der Waals surface area contributed by atoms with Crippen molar-refractivity contribution in [2.24, 2.45) is 0 Å². The fourth-order valence-corrected chi connectivity index (χ4v) is 10.0. The van der Waals surface area contributed by atoms with Gasteiger partial charge in [-0.1, -0.05) is 88.4 Å². The number of hydrogen-bond donors (Lipinski definition) is 1. The van der Waals surface area contributed by atoms with Crippen LogP contribution in [0.3, 0.4) is 0 Å². The third-order valence-corrected chi connectivity index (χ3v) is 12.1. The van der Waals surface area contributed by atoms with Crippen LogP contribution in [0.4, 0.5) is 0 Å². The van der Waals surface area contributed by atoms with E-state index < -0.39 is 8.32 Å². The highest BCUT2D eigenvalue weighted by atomic mass is 28.4. The second kappa shape index (κ2) is 8.42. The van der Waals surface area contributed by atoms with Gasteiger partial charge in [0.15, 0.2) is 0 Å². The third kappa shape index (κ3) is 3.82. The van der Waals surface area contributed by atoms with Crippen LogP contribution in [0.25, 0.3) is 0 Å². The molecular weight excluding hydrogens is 400 g/mol. The molecule has 0 unspecified atom stereocenters. The van der Waals surface area contributed by atoms with Gasteiger partial charge in [0.1, 0.15) is 0 Å². The molecule has 4 heteroatoms. The predicted molar refractivity (Wildman–Crippen MR) is 128 cm³/mol. The van der Waals surface area contributed by atoms with Crippen LogP contribution in [-0.4, -0.2) is 20.0 Å². The zero-order valence-electron chi connectivity index (χ0n) is 19.1. The smallest absolute Gasteiger partial charge is 0.261 e. The van der Waals surface area contributed by atoms with E-state index in [2.05, 4.69) is 88.4 Å². The van der Waals surface area contributed by atoms with Crippen molar-refractivity contribution in [1.29, 1.82) is 0 Å². The van der Waals surface area contributed by atoms with Crippen LogP contribution in [-0.2, 0) is 9.84 Å². The van der Waals surface area contributed by atoms with Crippen molar-refractivity contribution in [3.8, 4) is 0 Å². The zero-order valence-corrected chi connectivity index (χ0v) is 20.1. The molecule has 1 aliphatic rings. The normalized spacial score (nSPS) is 21.6. The van der Waals surface area contributed by atoms with Crippen LogP contribution in [0, 0.1) is 0 Å². The molecule has 31 heavy (non-hydrogen) atoms. The van der Waals surface area contributed by atoms with E-state index in [9.17, 15) is 5.11 Å². The van der Waals surface area contributed by atoms with Gasteiger partial charge in [-0.25, -0.2) is 0 Å². The van der Waals surface area contributed by atoms with E-state index in [1.165, 1.54) is 15.9 Å². The summed E-state index contributed by atoms with van der Waals surface area (Å²) in [6, 6.07) is 21.6. The van der Waals surface area contributed by atoms with Gasteiger partial charge in [-0.05, 0) is 40.1 Å². The molecule has 1 aliphatic carbocycles. The summed E-state index contributed by atoms with van der Waals surface area (Å²) in [4.78, 5) is 0. The Morgan fingerprint density at radius 3 is 2.10 bits per heavy atom. The minimum atomic E-state index is -2.63. The lowest BCUT2D eigenvalue weighted by atomic mass is 9.70. The third-order valence-electron chi connectivity index (χ3n) is 7.05. The van der Waals surface area contributed by atoms with Gasteiger partial charge in [0.2, 0.25) is 0 Å². The molecule has 0 fully saturated rings. The van der Waals surface area contributed by atoms with Crippen LogP contribution < -0.4 is 10.4 Å². The lowest BCUT2D eigenvalue weighted by Crippen LogP contribution is -2.67. The van der Waals surface area contributed by atoms with Gasteiger partial charge in [-0.15, -0.1) is 0 Å². The highest BCUT2D eigenvalue weighted by Crippen LogP contribution is 2.48. The topological polar surface area (TPSA) is 42.6 Å². The van der Waals surface area contributed by atoms with Gasteiger partial charge in [0.25, 0.3) is 8.32 Å². The molecule has 2 aromatic carbocycles. The molecule has 2 atom stereocenters. The summed E-state index contributed by atoms with van der Waals surface area (Å²) < 4.78 is 13.1. The maximum absolute atomic E-state index is 9.65. The van der Waals surface area contributed by atoms with Crippen molar-refractivity contribution in [1.82, 2.24) is 0 Å². The molecule has 0 saturated carbocycles. The second-order valence-corrected chi connectivity index (χ2v) is 14.3. The van der Waals surface area contributed by atoms with Gasteiger partial charge in [0.05, 0.1) is 18.6 Å².